The van der Waals surface area contributed by atoms with Crippen LogP contribution in [0, 0.1) is 0 Å². The fourth-order valence-corrected chi connectivity index (χ4v) is 2.16. The summed E-state index contributed by atoms with van der Waals surface area (Å²) in [6, 6.07) is 12.2. The molecule has 0 unspecified atom stereocenters. The van der Waals surface area contributed by atoms with E-state index in [1.54, 1.807) is 24.3 Å². The van der Waals surface area contributed by atoms with Gasteiger partial charge in [0, 0.05) is 5.56 Å². The van der Waals surface area contributed by atoms with E-state index in [4.69, 9.17) is 16.3 Å². The first kappa shape index (κ1) is 13.5. The first-order valence-corrected chi connectivity index (χ1v) is 6.54. The molecule has 0 radical (unpaired) electrons. The Morgan fingerprint density at radius 3 is 2.67 bits per heavy atom. The average molecular weight is 300 g/mol. The topological polar surface area (TPSA) is 65.0 Å². The lowest BCUT2D eigenvalue weighted by molar-refractivity contribution is 0.0601. The molecule has 0 bridgehead atoms. The smallest absolute Gasteiger partial charge is 0.337 e. The minimum absolute atomic E-state index is 0.412. The summed E-state index contributed by atoms with van der Waals surface area (Å²) in [7, 11) is 1.33. The molecule has 0 fully saturated rings. The number of rotatable bonds is 2. The van der Waals surface area contributed by atoms with Crippen LogP contribution in [0.1, 0.15) is 10.4 Å². The third-order valence-electron chi connectivity index (χ3n) is 2.99. The molecule has 0 aliphatic carbocycles. The summed E-state index contributed by atoms with van der Waals surface area (Å²) in [5.74, 6) is -0.00933. The second kappa shape index (κ2) is 5.46. The zero-order chi connectivity index (χ0) is 14.8. The molecule has 0 aliphatic heterocycles. The highest BCUT2D eigenvalue weighted by Gasteiger charge is 2.11. The molecular formula is C15H10ClN3O2. The van der Waals surface area contributed by atoms with E-state index in [-0.39, 0.29) is 0 Å². The highest BCUT2D eigenvalue weighted by atomic mass is 35.5. The lowest BCUT2D eigenvalue weighted by atomic mass is 10.2. The molecule has 0 atom stereocenters. The van der Waals surface area contributed by atoms with Crippen molar-refractivity contribution in [2.75, 3.05) is 7.11 Å². The SMILES string of the molecule is COC(=O)c1ccc2nnc(-c3ccccc3Cl)nc2c1. The van der Waals surface area contributed by atoms with Crippen molar-refractivity contribution < 1.29 is 9.53 Å². The molecule has 0 N–H and O–H groups in total. The van der Waals surface area contributed by atoms with Crippen molar-refractivity contribution in [3.8, 4) is 11.4 Å². The first-order chi connectivity index (χ1) is 10.2. The lowest BCUT2D eigenvalue weighted by Crippen LogP contribution is -2.02. The van der Waals surface area contributed by atoms with Crippen LogP contribution in [-0.4, -0.2) is 28.3 Å². The van der Waals surface area contributed by atoms with E-state index in [0.717, 1.165) is 0 Å². The number of methoxy groups -OCH3 is 1. The average Bonchev–Trinajstić information content (AvgIpc) is 2.53. The minimum Gasteiger partial charge on any atom is -0.465 e. The lowest BCUT2D eigenvalue weighted by Gasteiger charge is -2.04. The largest absolute Gasteiger partial charge is 0.465 e. The van der Waals surface area contributed by atoms with Crippen LogP contribution in [0.2, 0.25) is 5.02 Å². The predicted molar refractivity (Wildman–Crippen MR) is 79.1 cm³/mol. The van der Waals surface area contributed by atoms with Gasteiger partial charge in [0.05, 0.1) is 23.2 Å². The Bertz CT molecular complexity index is 836. The van der Waals surface area contributed by atoms with E-state index in [1.165, 1.54) is 7.11 Å². The molecule has 0 amide bonds. The van der Waals surface area contributed by atoms with Gasteiger partial charge in [-0.25, -0.2) is 9.78 Å². The zero-order valence-electron chi connectivity index (χ0n) is 11.1. The first-order valence-electron chi connectivity index (χ1n) is 6.17. The van der Waals surface area contributed by atoms with Crippen LogP contribution in [0.5, 0.6) is 0 Å². The molecule has 2 aromatic carbocycles. The molecular weight excluding hydrogens is 290 g/mol. The number of halogens is 1. The maximum absolute atomic E-state index is 11.6. The van der Waals surface area contributed by atoms with Gasteiger partial charge < -0.3 is 4.74 Å². The van der Waals surface area contributed by atoms with Crippen LogP contribution in [0.15, 0.2) is 42.5 Å². The Morgan fingerprint density at radius 1 is 1.10 bits per heavy atom. The van der Waals surface area contributed by atoms with Gasteiger partial charge in [-0.2, -0.15) is 0 Å². The molecule has 21 heavy (non-hydrogen) atoms. The van der Waals surface area contributed by atoms with Gasteiger partial charge in [-0.1, -0.05) is 23.7 Å². The molecule has 104 valence electrons. The maximum Gasteiger partial charge on any atom is 0.337 e. The second-order valence-corrected chi connectivity index (χ2v) is 4.72. The number of nitrogens with zero attached hydrogens (tertiary/aromatic N) is 3. The third-order valence-corrected chi connectivity index (χ3v) is 3.32. The van der Waals surface area contributed by atoms with E-state index in [1.807, 2.05) is 18.2 Å². The number of esters is 1. The standard InChI is InChI=1S/C15H10ClN3O2/c1-21-15(20)9-6-7-12-13(8-9)17-14(19-18-12)10-4-2-3-5-11(10)16/h2-8H,1H3. The van der Waals surface area contributed by atoms with E-state index in [2.05, 4.69) is 15.2 Å². The van der Waals surface area contributed by atoms with Gasteiger partial charge in [0.15, 0.2) is 5.82 Å². The summed E-state index contributed by atoms with van der Waals surface area (Å²) in [5, 5.41) is 8.72. The molecule has 1 heterocycles. The van der Waals surface area contributed by atoms with Gasteiger partial charge >= 0.3 is 5.97 Å². The summed E-state index contributed by atoms with van der Waals surface area (Å²) in [5.41, 5.74) is 2.26. The van der Waals surface area contributed by atoms with Crippen molar-refractivity contribution in [3.63, 3.8) is 0 Å². The number of ether oxygens (including phenoxy) is 1. The van der Waals surface area contributed by atoms with Crippen LogP contribution >= 0.6 is 11.6 Å². The Hall–Kier alpha value is -2.53. The molecule has 1 aromatic heterocycles. The number of carbonyl (C=O) groups is 1. The van der Waals surface area contributed by atoms with Crippen LogP contribution in [0.4, 0.5) is 0 Å². The summed E-state index contributed by atoms with van der Waals surface area (Å²) in [6.45, 7) is 0. The van der Waals surface area contributed by atoms with Gasteiger partial charge in [-0.15, -0.1) is 10.2 Å². The van der Waals surface area contributed by atoms with Crippen molar-refractivity contribution in [1.82, 2.24) is 15.2 Å². The molecule has 5 nitrogen and oxygen atoms in total. The van der Waals surface area contributed by atoms with Crippen LogP contribution in [-0.2, 0) is 4.74 Å². The fraction of sp³-hybridized carbons (Fsp3) is 0.0667. The Balaban J connectivity index is 2.14. The van der Waals surface area contributed by atoms with E-state index < -0.39 is 5.97 Å². The van der Waals surface area contributed by atoms with E-state index in [0.29, 0.717) is 33.0 Å². The quantitative estimate of drug-likeness (QED) is 0.680. The van der Waals surface area contributed by atoms with Crippen LogP contribution in [0.3, 0.4) is 0 Å². The maximum atomic E-state index is 11.6. The van der Waals surface area contributed by atoms with Crippen LogP contribution < -0.4 is 0 Å². The second-order valence-electron chi connectivity index (χ2n) is 4.31. The van der Waals surface area contributed by atoms with Crippen molar-refractivity contribution in [2.45, 2.75) is 0 Å². The summed E-state index contributed by atoms with van der Waals surface area (Å²) < 4.78 is 4.70. The summed E-state index contributed by atoms with van der Waals surface area (Å²) in [4.78, 5) is 16.0. The Kier molecular flexibility index (Phi) is 3.50. The summed E-state index contributed by atoms with van der Waals surface area (Å²) >= 11 is 6.13. The molecule has 0 saturated heterocycles. The normalized spacial score (nSPS) is 10.6. The van der Waals surface area contributed by atoms with E-state index in [9.17, 15) is 4.79 Å². The highest BCUT2D eigenvalue weighted by molar-refractivity contribution is 6.33. The van der Waals surface area contributed by atoms with Crippen molar-refractivity contribution >= 4 is 28.6 Å². The predicted octanol–water partition coefficient (Wildman–Crippen LogP) is 3.13. The van der Waals surface area contributed by atoms with Crippen molar-refractivity contribution in [1.29, 1.82) is 0 Å². The number of hydrogen-bond donors (Lipinski definition) is 0. The Morgan fingerprint density at radius 2 is 1.90 bits per heavy atom. The number of carbonyl (C=O) groups excluding carboxylic acids is 1. The van der Waals surface area contributed by atoms with E-state index >= 15 is 0 Å². The van der Waals surface area contributed by atoms with Gasteiger partial charge in [-0.3, -0.25) is 0 Å². The van der Waals surface area contributed by atoms with Gasteiger partial charge in [0.2, 0.25) is 0 Å². The van der Waals surface area contributed by atoms with Gasteiger partial charge in [-0.05, 0) is 30.3 Å². The molecule has 3 rings (SSSR count). The summed E-state index contributed by atoms with van der Waals surface area (Å²) in [6.07, 6.45) is 0. The molecule has 6 heteroatoms. The number of hydrogen-bond acceptors (Lipinski definition) is 5. The molecule has 3 aromatic rings. The highest BCUT2D eigenvalue weighted by Crippen LogP contribution is 2.25. The van der Waals surface area contributed by atoms with Crippen molar-refractivity contribution in [3.05, 3.63) is 53.1 Å². The number of benzene rings is 2. The number of aromatic nitrogens is 3. The fourth-order valence-electron chi connectivity index (χ4n) is 1.94. The number of fused-ring (bicyclic) bond motifs is 1. The molecule has 0 saturated carbocycles. The third kappa shape index (κ3) is 2.55. The van der Waals surface area contributed by atoms with Crippen LogP contribution in [0.25, 0.3) is 22.4 Å². The minimum atomic E-state index is -0.421. The van der Waals surface area contributed by atoms with Crippen molar-refractivity contribution in [2.24, 2.45) is 0 Å². The van der Waals surface area contributed by atoms with Gasteiger partial charge in [0.1, 0.15) is 5.52 Å². The Labute approximate surface area is 125 Å². The zero-order valence-corrected chi connectivity index (χ0v) is 11.8. The molecule has 0 aliphatic rings. The monoisotopic (exact) mass is 299 g/mol. The van der Waals surface area contributed by atoms with Gasteiger partial charge in [0.25, 0.3) is 0 Å². The molecule has 0 spiro atoms.